The van der Waals surface area contributed by atoms with Gasteiger partial charge in [0, 0.05) is 30.0 Å². The maximum atomic E-state index is 13.5. The maximum absolute atomic E-state index is 13.5. The number of nitrogens with one attached hydrogen (secondary N) is 2. The van der Waals surface area contributed by atoms with Gasteiger partial charge in [-0.1, -0.05) is 6.08 Å². The van der Waals surface area contributed by atoms with E-state index in [2.05, 4.69) is 35.7 Å². The first-order valence-corrected chi connectivity index (χ1v) is 9.20. The Morgan fingerprint density at radius 1 is 1.33 bits per heavy atom. The molecule has 0 aliphatic carbocycles. The van der Waals surface area contributed by atoms with Gasteiger partial charge in [0.25, 0.3) is 0 Å². The number of halogens is 1. The molecule has 0 spiro atoms. The number of H-pyrrole nitrogens is 1. The highest BCUT2D eigenvalue weighted by molar-refractivity contribution is 7.80. The van der Waals surface area contributed by atoms with Gasteiger partial charge >= 0.3 is 0 Å². The van der Waals surface area contributed by atoms with Crippen LogP contribution in [0.2, 0.25) is 0 Å². The highest BCUT2D eigenvalue weighted by Crippen LogP contribution is 2.34. The van der Waals surface area contributed by atoms with Gasteiger partial charge in [-0.25, -0.2) is 4.39 Å². The molecule has 1 atom stereocenters. The van der Waals surface area contributed by atoms with Gasteiger partial charge in [0.2, 0.25) is 0 Å². The predicted molar refractivity (Wildman–Crippen MR) is 114 cm³/mol. The summed E-state index contributed by atoms with van der Waals surface area (Å²) in [6, 6.07) is 8.14. The van der Waals surface area contributed by atoms with Crippen molar-refractivity contribution in [2.45, 2.75) is 26.3 Å². The second-order valence-electron chi connectivity index (χ2n) is 6.44. The standard InChI is InChI=1S/C21H23FN4S/c1-5-6-18(20-19-17(11-12-24-20)13(2)14(3)25-19)26(21(27)23-4)16-9-7-15(22)8-10-16/h5,7-12,18,25H,1,6H2,2-4H3,(H,23,27). The van der Waals surface area contributed by atoms with Gasteiger partial charge in [-0.15, -0.1) is 6.58 Å². The van der Waals surface area contributed by atoms with Crippen LogP contribution in [0.3, 0.4) is 0 Å². The van der Waals surface area contributed by atoms with Crippen molar-refractivity contribution in [1.29, 1.82) is 0 Å². The molecular weight excluding hydrogens is 359 g/mol. The lowest BCUT2D eigenvalue weighted by Crippen LogP contribution is -2.41. The SMILES string of the molecule is C=CCC(c1nccc2c(C)c(C)[nH]c12)N(C(=S)NC)c1ccc(F)cc1. The summed E-state index contributed by atoms with van der Waals surface area (Å²) in [5, 5.41) is 4.72. The zero-order chi connectivity index (χ0) is 19.6. The summed E-state index contributed by atoms with van der Waals surface area (Å²) >= 11 is 5.58. The van der Waals surface area contributed by atoms with Crippen LogP contribution in [0, 0.1) is 19.7 Å². The van der Waals surface area contributed by atoms with Crippen LogP contribution in [0.25, 0.3) is 10.9 Å². The Bertz CT molecular complexity index is 978. The van der Waals surface area contributed by atoms with E-state index >= 15 is 0 Å². The number of pyridine rings is 1. The number of anilines is 1. The molecule has 0 amide bonds. The van der Waals surface area contributed by atoms with E-state index in [1.54, 1.807) is 19.2 Å². The predicted octanol–water partition coefficient (Wildman–Crippen LogP) is 4.95. The number of hydrogen-bond donors (Lipinski definition) is 2. The molecule has 2 heterocycles. The zero-order valence-electron chi connectivity index (χ0n) is 15.7. The number of nitrogens with zero attached hydrogens (tertiary/aromatic N) is 2. The topological polar surface area (TPSA) is 44.0 Å². The molecule has 1 unspecified atom stereocenters. The number of benzene rings is 1. The highest BCUT2D eigenvalue weighted by Gasteiger charge is 2.27. The van der Waals surface area contributed by atoms with Crippen LogP contribution >= 0.6 is 12.2 Å². The summed E-state index contributed by atoms with van der Waals surface area (Å²) < 4.78 is 13.5. The van der Waals surface area contributed by atoms with E-state index in [-0.39, 0.29) is 11.9 Å². The number of rotatable bonds is 5. The van der Waals surface area contributed by atoms with Crippen molar-refractivity contribution in [2.75, 3.05) is 11.9 Å². The number of aryl methyl sites for hydroxylation is 2. The summed E-state index contributed by atoms with van der Waals surface area (Å²) in [7, 11) is 1.78. The Hall–Kier alpha value is -2.73. The summed E-state index contributed by atoms with van der Waals surface area (Å²) in [5.41, 5.74) is 4.98. The average molecular weight is 383 g/mol. The summed E-state index contributed by atoms with van der Waals surface area (Å²) in [4.78, 5) is 10.1. The smallest absolute Gasteiger partial charge is 0.173 e. The fourth-order valence-corrected chi connectivity index (χ4v) is 3.55. The lowest BCUT2D eigenvalue weighted by Gasteiger charge is -2.33. The molecule has 0 aliphatic heterocycles. The second-order valence-corrected chi connectivity index (χ2v) is 6.82. The van der Waals surface area contributed by atoms with E-state index in [1.165, 1.54) is 17.7 Å². The van der Waals surface area contributed by atoms with Crippen LogP contribution < -0.4 is 10.2 Å². The molecule has 3 rings (SSSR count). The number of aromatic nitrogens is 2. The van der Waals surface area contributed by atoms with Gasteiger partial charge in [-0.05, 0) is 68.4 Å². The van der Waals surface area contributed by atoms with E-state index < -0.39 is 0 Å². The van der Waals surface area contributed by atoms with Crippen molar-refractivity contribution < 1.29 is 4.39 Å². The molecule has 140 valence electrons. The van der Waals surface area contributed by atoms with Crippen molar-refractivity contribution in [3.63, 3.8) is 0 Å². The van der Waals surface area contributed by atoms with Crippen molar-refractivity contribution in [3.05, 3.63) is 72.0 Å². The van der Waals surface area contributed by atoms with Gasteiger partial charge in [-0.2, -0.15) is 0 Å². The Balaban J connectivity index is 2.20. The van der Waals surface area contributed by atoms with Gasteiger partial charge in [0.15, 0.2) is 5.11 Å². The molecule has 0 saturated heterocycles. The number of hydrogen-bond acceptors (Lipinski definition) is 2. The molecular formula is C21H23FN4S. The molecule has 0 aliphatic rings. The molecule has 0 radical (unpaired) electrons. The largest absolute Gasteiger partial charge is 0.365 e. The van der Waals surface area contributed by atoms with E-state index in [4.69, 9.17) is 12.2 Å². The molecule has 6 heteroatoms. The molecule has 0 saturated carbocycles. The Labute approximate surface area is 164 Å². The summed E-state index contributed by atoms with van der Waals surface area (Å²) in [6.07, 6.45) is 4.30. The lowest BCUT2D eigenvalue weighted by molar-refractivity contribution is 0.627. The number of fused-ring (bicyclic) bond motifs is 1. The van der Waals surface area contributed by atoms with Crippen molar-refractivity contribution in [1.82, 2.24) is 15.3 Å². The zero-order valence-corrected chi connectivity index (χ0v) is 16.5. The summed E-state index contributed by atoms with van der Waals surface area (Å²) in [5.74, 6) is -0.287. The normalized spacial score (nSPS) is 12.0. The fourth-order valence-electron chi connectivity index (χ4n) is 3.32. The molecule has 4 nitrogen and oxygen atoms in total. The molecule has 27 heavy (non-hydrogen) atoms. The third-order valence-corrected chi connectivity index (χ3v) is 5.21. The van der Waals surface area contributed by atoms with E-state index in [0.717, 1.165) is 28.0 Å². The highest BCUT2D eigenvalue weighted by atomic mass is 32.1. The monoisotopic (exact) mass is 382 g/mol. The number of aromatic amines is 1. The van der Waals surface area contributed by atoms with E-state index in [9.17, 15) is 4.39 Å². The Kier molecular flexibility index (Phi) is 5.56. The number of thiocarbonyl (C=S) groups is 1. The molecule has 3 aromatic rings. The van der Waals surface area contributed by atoms with Gasteiger partial charge in [0.1, 0.15) is 5.82 Å². The van der Waals surface area contributed by atoms with Crippen LogP contribution in [0.4, 0.5) is 10.1 Å². The third kappa shape index (κ3) is 3.57. The van der Waals surface area contributed by atoms with Gasteiger partial charge in [0.05, 0.1) is 17.3 Å². The van der Waals surface area contributed by atoms with Crippen molar-refractivity contribution in [2.24, 2.45) is 0 Å². The first-order valence-electron chi connectivity index (χ1n) is 8.79. The molecule has 1 aromatic carbocycles. The molecule has 2 N–H and O–H groups in total. The minimum Gasteiger partial charge on any atom is -0.365 e. The average Bonchev–Trinajstić information content (AvgIpc) is 2.97. The van der Waals surface area contributed by atoms with Crippen LogP contribution in [0.1, 0.15) is 29.4 Å². The first-order chi connectivity index (χ1) is 13.0. The van der Waals surface area contributed by atoms with E-state index in [1.807, 2.05) is 23.2 Å². The van der Waals surface area contributed by atoms with Crippen LogP contribution in [0.5, 0.6) is 0 Å². The molecule has 2 aromatic heterocycles. The third-order valence-electron chi connectivity index (χ3n) is 4.81. The van der Waals surface area contributed by atoms with Crippen LogP contribution in [-0.4, -0.2) is 22.1 Å². The minimum absolute atomic E-state index is 0.186. The van der Waals surface area contributed by atoms with E-state index in [0.29, 0.717) is 11.5 Å². The maximum Gasteiger partial charge on any atom is 0.173 e. The van der Waals surface area contributed by atoms with Crippen LogP contribution in [0.15, 0.2) is 49.2 Å². The van der Waals surface area contributed by atoms with Crippen molar-refractivity contribution in [3.8, 4) is 0 Å². The fraction of sp³-hybridized carbons (Fsp3) is 0.238. The second kappa shape index (κ2) is 7.88. The summed E-state index contributed by atoms with van der Waals surface area (Å²) in [6.45, 7) is 8.06. The Morgan fingerprint density at radius 3 is 2.67 bits per heavy atom. The minimum atomic E-state index is -0.287. The lowest BCUT2D eigenvalue weighted by atomic mass is 10.0. The molecule has 0 bridgehead atoms. The molecule has 0 fully saturated rings. The first kappa shape index (κ1) is 19.0. The van der Waals surface area contributed by atoms with Crippen molar-refractivity contribution >= 4 is 33.9 Å². The Morgan fingerprint density at radius 2 is 2.04 bits per heavy atom. The van der Waals surface area contributed by atoms with Gasteiger partial charge < -0.3 is 15.2 Å². The van der Waals surface area contributed by atoms with Gasteiger partial charge in [-0.3, -0.25) is 4.98 Å². The quantitative estimate of drug-likeness (QED) is 0.484. The van der Waals surface area contributed by atoms with Crippen LogP contribution in [-0.2, 0) is 0 Å².